The van der Waals surface area contributed by atoms with Gasteiger partial charge in [0.15, 0.2) is 0 Å². The number of sulfonamides is 1. The summed E-state index contributed by atoms with van der Waals surface area (Å²) in [5.41, 5.74) is 6.54. The smallest absolute Gasteiger partial charge is 0.240 e. The van der Waals surface area contributed by atoms with Crippen molar-refractivity contribution in [1.29, 1.82) is 0 Å². The van der Waals surface area contributed by atoms with E-state index in [4.69, 9.17) is 5.73 Å². The van der Waals surface area contributed by atoms with Crippen LogP contribution in [-0.4, -0.2) is 33.5 Å². The third kappa shape index (κ3) is 3.63. The maximum Gasteiger partial charge on any atom is 0.240 e. The zero-order valence-electron chi connectivity index (χ0n) is 13.8. The van der Waals surface area contributed by atoms with E-state index in [1.165, 1.54) is 0 Å². The van der Waals surface area contributed by atoms with Gasteiger partial charge < -0.3 is 10.6 Å². The van der Waals surface area contributed by atoms with Crippen LogP contribution in [0.5, 0.6) is 0 Å². The summed E-state index contributed by atoms with van der Waals surface area (Å²) in [6.07, 6.45) is 5.35. The van der Waals surface area contributed by atoms with Gasteiger partial charge in [-0.25, -0.2) is 13.1 Å². The molecule has 2 fully saturated rings. The van der Waals surface area contributed by atoms with E-state index in [2.05, 4.69) is 4.72 Å². The van der Waals surface area contributed by atoms with E-state index in [1.807, 2.05) is 0 Å². The number of carbonyl (C=O) groups is 1. The molecule has 1 saturated carbocycles. The molecule has 1 aromatic rings. The fourth-order valence-electron chi connectivity index (χ4n) is 3.64. The standard InChI is InChI=1S/C17H25N3O3S/c18-12-13-4-1-2-5-16(13)19-24(22,23)15-9-7-14(8-10-15)20-11-3-6-17(20)21/h7-10,13,16,19H,1-6,11-12,18H2. The number of nitrogens with two attached hydrogens (primary N) is 1. The van der Waals surface area contributed by atoms with Crippen LogP contribution in [-0.2, 0) is 14.8 Å². The number of rotatable bonds is 5. The number of nitrogens with zero attached hydrogens (tertiary/aromatic N) is 1. The number of benzene rings is 1. The summed E-state index contributed by atoms with van der Waals surface area (Å²) in [4.78, 5) is 13.7. The van der Waals surface area contributed by atoms with E-state index in [1.54, 1.807) is 29.2 Å². The maximum absolute atomic E-state index is 12.6. The van der Waals surface area contributed by atoms with Crippen molar-refractivity contribution in [3.8, 4) is 0 Å². The summed E-state index contributed by atoms with van der Waals surface area (Å²) in [7, 11) is -3.57. The minimum absolute atomic E-state index is 0.0893. The van der Waals surface area contributed by atoms with Crippen LogP contribution in [0.2, 0.25) is 0 Å². The molecule has 24 heavy (non-hydrogen) atoms. The van der Waals surface area contributed by atoms with Crippen LogP contribution in [0.1, 0.15) is 38.5 Å². The van der Waals surface area contributed by atoms with Crippen LogP contribution in [0.15, 0.2) is 29.2 Å². The van der Waals surface area contributed by atoms with Crippen molar-refractivity contribution < 1.29 is 13.2 Å². The third-order valence-corrected chi connectivity index (χ3v) is 6.56. The Balaban J connectivity index is 1.73. The molecule has 0 aromatic heterocycles. The lowest BCUT2D eigenvalue weighted by Gasteiger charge is -2.31. The van der Waals surface area contributed by atoms with Gasteiger partial charge in [0.2, 0.25) is 15.9 Å². The Bertz CT molecular complexity index is 688. The lowest BCUT2D eigenvalue weighted by Crippen LogP contribution is -2.44. The number of hydrogen-bond donors (Lipinski definition) is 2. The fraction of sp³-hybridized carbons (Fsp3) is 0.588. The molecule has 2 aliphatic rings. The molecular weight excluding hydrogens is 326 g/mol. The van der Waals surface area contributed by atoms with Crippen LogP contribution in [0, 0.1) is 5.92 Å². The summed E-state index contributed by atoms with van der Waals surface area (Å²) in [5, 5.41) is 0. The Morgan fingerprint density at radius 1 is 1.12 bits per heavy atom. The van der Waals surface area contributed by atoms with Gasteiger partial charge in [0.1, 0.15) is 0 Å². The van der Waals surface area contributed by atoms with E-state index in [0.29, 0.717) is 19.5 Å². The predicted octanol–water partition coefficient (Wildman–Crippen LogP) is 1.61. The minimum atomic E-state index is -3.57. The van der Waals surface area contributed by atoms with Gasteiger partial charge in [0, 0.05) is 24.7 Å². The van der Waals surface area contributed by atoms with Gasteiger partial charge in [0.05, 0.1) is 4.90 Å². The minimum Gasteiger partial charge on any atom is -0.330 e. The van der Waals surface area contributed by atoms with Gasteiger partial charge >= 0.3 is 0 Å². The highest BCUT2D eigenvalue weighted by atomic mass is 32.2. The molecule has 3 N–H and O–H groups in total. The highest BCUT2D eigenvalue weighted by molar-refractivity contribution is 7.89. The molecule has 2 atom stereocenters. The van der Waals surface area contributed by atoms with Crippen LogP contribution in [0.25, 0.3) is 0 Å². The van der Waals surface area contributed by atoms with Crippen molar-refractivity contribution in [2.75, 3.05) is 18.0 Å². The number of amides is 1. The molecular formula is C17H25N3O3S. The van der Waals surface area contributed by atoms with Crippen molar-refractivity contribution in [3.63, 3.8) is 0 Å². The normalized spacial score (nSPS) is 25.2. The van der Waals surface area contributed by atoms with Crippen molar-refractivity contribution in [1.82, 2.24) is 4.72 Å². The molecule has 132 valence electrons. The highest BCUT2D eigenvalue weighted by Gasteiger charge is 2.29. The first-order valence-corrected chi connectivity index (χ1v) is 10.1. The second-order valence-corrected chi connectivity index (χ2v) is 8.36. The molecule has 1 saturated heterocycles. The van der Waals surface area contributed by atoms with E-state index in [9.17, 15) is 13.2 Å². The summed E-state index contributed by atoms with van der Waals surface area (Å²) in [5.74, 6) is 0.298. The molecule has 1 aliphatic heterocycles. The van der Waals surface area contributed by atoms with Crippen LogP contribution < -0.4 is 15.4 Å². The molecule has 2 unspecified atom stereocenters. The van der Waals surface area contributed by atoms with Gasteiger partial charge in [0.25, 0.3) is 0 Å². The zero-order chi connectivity index (χ0) is 17.2. The first-order chi connectivity index (χ1) is 11.5. The van der Waals surface area contributed by atoms with Crippen molar-refractivity contribution in [2.45, 2.75) is 49.5 Å². The lowest BCUT2D eigenvalue weighted by molar-refractivity contribution is -0.117. The second-order valence-electron chi connectivity index (χ2n) is 6.65. The summed E-state index contributed by atoms with van der Waals surface area (Å²) in [6, 6.07) is 6.47. The van der Waals surface area contributed by atoms with Gasteiger partial charge in [-0.05, 0) is 56.0 Å². The van der Waals surface area contributed by atoms with Gasteiger partial charge in [-0.2, -0.15) is 0 Å². The van der Waals surface area contributed by atoms with E-state index >= 15 is 0 Å². The summed E-state index contributed by atoms with van der Waals surface area (Å²) in [6.45, 7) is 1.20. The summed E-state index contributed by atoms with van der Waals surface area (Å²) < 4.78 is 28.1. The molecule has 3 rings (SSSR count). The van der Waals surface area contributed by atoms with Crippen LogP contribution >= 0.6 is 0 Å². The number of nitrogens with one attached hydrogen (secondary N) is 1. The number of carbonyl (C=O) groups excluding carboxylic acids is 1. The van der Waals surface area contributed by atoms with Gasteiger partial charge in [-0.1, -0.05) is 12.8 Å². The first-order valence-electron chi connectivity index (χ1n) is 8.64. The molecule has 1 aliphatic carbocycles. The molecule has 0 spiro atoms. The Hall–Kier alpha value is -1.44. The predicted molar refractivity (Wildman–Crippen MR) is 93.2 cm³/mol. The highest BCUT2D eigenvalue weighted by Crippen LogP contribution is 2.26. The molecule has 1 heterocycles. The molecule has 6 nitrogen and oxygen atoms in total. The average molecular weight is 351 g/mol. The topological polar surface area (TPSA) is 92.5 Å². The molecule has 1 aromatic carbocycles. The SMILES string of the molecule is NCC1CCCCC1NS(=O)(=O)c1ccc(N2CCCC2=O)cc1. The van der Waals surface area contributed by atoms with Crippen LogP contribution in [0.4, 0.5) is 5.69 Å². The van der Waals surface area contributed by atoms with Crippen molar-refractivity contribution in [3.05, 3.63) is 24.3 Å². The zero-order valence-corrected chi connectivity index (χ0v) is 14.6. The Morgan fingerprint density at radius 2 is 1.83 bits per heavy atom. The van der Waals surface area contributed by atoms with Crippen LogP contribution in [0.3, 0.4) is 0 Å². The molecule has 1 amide bonds. The summed E-state index contributed by atoms with van der Waals surface area (Å²) >= 11 is 0. The van der Waals surface area contributed by atoms with Gasteiger partial charge in [-0.3, -0.25) is 4.79 Å². The molecule has 0 bridgehead atoms. The third-order valence-electron chi connectivity index (χ3n) is 5.05. The first kappa shape index (κ1) is 17.4. The lowest BCUT2D eigenvalue weighted by atomic mass is 9.85. The Kier molecular flexibility index (Phi) is 5.22. The largest absolute Gasteiger partial charge is 0.330 e. The maximum atomic E-state index is 12.6. The number of anilines is 1. The molecule has 0 radical (unpaired) electrons. The average Bonchev–Trinajstić information content (AvgIpc) is 3.01. The monoisotopic (exact) mass is 351 g/mol. The quantitative estimate of drug-likeness (QED) is 0.843. The number of hydrogen-bond acceptors (Lipinski definition) is 4. The molecule has 7 heteroatoms. The van der Waals surface area contributed by atoms with E-state index < -0.39 is 10.0 Å². The second kappa shape index (κ2) is 7.21. The Labute approximate surface area is 143 Å². The van der Waals surface area contributed by atoms with E-state index in [0.717, 1.165) is 37.8 Å². The van der Waals surface area contributed by atoms with E-state index in [-0.39, 0.29) is 22.8 Å². The van der Waals surface area contributed by atoms with Gasteiger partial charge in [-0.15, -0.1) is 0 Å². The van der Waals surface area contributed by atoms with Crippen molar-refractivity contribution in [2.24, 2.45) is 11.7 Å². The van der Waals surface area contributed by atoms with Crippen molar-refractivity contribution >= 4 is 21.6 Å². The Morgan fingerprint density at radius 3 is 2.46 bits per heavy atom. The fourth-order valence-corrected chi connectivity index (χ4v) is 4.98.